The van der Waals surface area contributed by atoms with Gasteiger partial charge < -0.3 is 9.47 Å². The van der Waals surface area contributed by atoms with Gasteiger partial charge in [0.25, 0.3) is 0 Å². The second-order valence-electron chi connectivity index (χ2n) is 6.09. The number of esters is 1. The van der Waals surface area contributed by atoms with Gasteiger partial charge in [-0.15, -0.1) is 0 Å². The third-order valence-electron chi connectivity index (χ3n) is 3.64. The molecule has 1 aromatic rings. The molecule has 0 aliphatic carbocycles. The molecule has 3 heteroatoms. The van der Waals surface area contributed by atoms with Crippen molar-refractivity contribution in [2.45, 2.75) is 65.4 Å². The van der Waals surface area contributed by atoms with Crippen molar-refractivity contribution >= 4 is 5.97 Å². The Morgan fingerprint density at radius 2 is 1.87 bits per heavy atom. The van der Waals surface area contributed by atoms with Crippen molar-refractivity contribution in [2.75, 3.05) is 6.61 Å². The molecule has 1 atom stereocenters. The standard InChI is InChI=1S/C20H30O3/c1-5-9-18-11-13-19(14-12-18)23-17(4)10-7-6-8-15-22-20(21)16(2)3/h11-14,17H,2,5-10,15H2,1,3-4H3. The number of rotatable bonds is 11. The number of hydrogen-bond donors (Lipinski definition) is 0. The van der Waals surface area contributed by atoms with Gasteiger partial charge in [0, 0.05) is 5.57 Å². The van der Waals surface area contributed by atoms with E-state index in [1.165, 1.54) is 5.56 Å². The van der Waals surface area contributed by atoms with E-state index in [2.05, 4.69) is 44.7 Å². The van der Waals surface area contributed by atoms with Crippen LogP contribution < -0.4 is 4.74 Å². The topological polar surface area (TPSA) is 35.5 Å². The van der Waals surface area contributed by atoms with Gasteiger partial charge in [-0.05, 0) is 63.6 Å². The summed E-state index contributed by atoms with van der Waals surface area (Å²) in [5, 5.41) is 0. The van der Waals surface area contributed by atoms with Gasteiger partial charge in [0.05, 0.1) is 12.7 Å². The molecule has 23 heavy (non-hydrogen) atoms. The molecule has 0 saturated carbocycles. The third kappa shape index (κ3) is 8.44. The maximum Gasteiger partial charge on any atom is 0.333 e. The highest BCUT2D eigenvalue weighted by molar-refractivity contribution is 5.86. The molecule has 0 radical (unpaired) electrons. The summed E-state index contributed by atoms with van der Waals surface area (Å²) in [6, 6.07) is 8.39. The van der Waals surface area contributed by atoms with Crippen LogP contribution in [0.2, 0.25) is 0 Å². The lowest BCUT2D eigenvalue weighted by molar-refractivity contribution is -0.139. The number of carbonyl (C=O) groups excluding carboxylic acids is 1. The molecule has 0 aliphatic heterocycles. The second-order valence-corrected chi connectivity index (χ2v) is 6.09. The average molecular weight is 318 g/mol. The number of unbranched alkanes of at least 4 members (excludes halogenated alkanes) is 2. The summed E-state index contributed by atoms with van der Waals surface area (Å²) < 4.78 is 11.0. The first-order chi connectivity index (χ1) is 11.0. The summed E-state index contributed by atoms with van der Waals surface area (Å²) in [7, 11) is 0. The Balaban J connectivity index is 2.13. The molecule has 0 heterocycles. The highest BCUT2D eigenvalue weighted by atomic mass is 16.5. The lowest BCUT2D eigenvalue weighted by atomic mass is 10.1. The van der Waals surface area contributed by atoms with Crippen LogP contribution in [0, 0.1) is 0 Å². The van der Waals surface area contributed by atoms with E-state index in [0.29, 0.717) is 12.2 Å². The molecule has 0 N–H and O–H groups in total. The fourth-order valence-corrected chi connectivity index (χ4v) is 2.31. The Hall–Kier alpha value is -1.77. The van der Waals surface area contributed by atoms with Crippen molar-refractivity contribution in [1.82, 2.24) is 0 Å². The number of ether oxygens (including phenoxy) is 2. The predicted octanol–water partition coefficient (Wildman–Crippen LogP) is 5.09. The molecule has 0 aliphatic rings. The maximum atomic E-state index is 11.2. The van der Waals surface area contributed by atoms with E-state index < -0.39 is 0 Å². The van der Waals surface area contributed by atoms with E-state index in [-0.39, 0.29) is 12.1 Å². The Morgan fingerprint density at radius 1 is 1.17 bits per heavy atom. The first-order valence-electron chi connectivity index (χ1n) is 8.61. The fourth-order valence-electron chi connectivity index (χ4n) is 2.31. The largest absolute Gasteiger partial charge is 0.491 e. The van der Waals surface area contributed by atoms with Gasteiger partial charge in [-0.3, -0.25) is 0 Å². The molecule has 0 amide bonds. The van der Waals surface area contributed by atoms with E-state index in [0.717, 1.165) is 44.3 Å². The van der Waals surface area contributed by atoms with Gasteiger partial charge >= 0.3 is 5.97 Å². The van der Waals surface area contributed by atoms with Gasteiger partial charge in [0.2, 0.25) is 0 Å². The van der Waals surface area contributed by atoms with E-state index >= 15 is 0 Å². The minimum atomic E-state index is -0.298. The summed E-state index contributed by atoms with van der Waals surface area (Å²) in [4.78, 5) is 11.2. The van der Waals surface area contributed by atoms with Gasteiger partial charge in [-0.1, -0.05) is 32.1 Å². The lowest BCUT2D eigenvalue weighted by Gasteiger charge is -2.15. The predicted molar refractivity (Wildman–Crippen MR) is 94.8 cm³/mol. The molecule has 1 aromatic carbocycles. The van der Waals surface area contributed by atoms with Crippen LogP contribution in [0.3, 0.4) is 0 Å². The Morgan fingerprint density at radius 3 is 2.48 bits per heavy atom. The molecule has 0 fully saturated rings. The van der Waals surface area contributed by atoms with Crippen LogP contribution in [0.15, 0.2) is 36.4 Å². The average Bonchev–Trinajstić information content (AvgIpc) is 2.52. The Labute approximate surface area is 140 Å². The SMILES string of the molecule is C=C(C)C(=O)OCCCCCC(C)Oc1ccc(CCC)cc1. The van der Waals surface area contributed by atoms with Crippen LogP contribution in [0.1, 0.15) is 58.4 Å². The minimum Gasteiger partial charge on any atom is -0.491 e. The third-order valence-corrected chi connectivity index (χ3v) is 3.64. The van der Waals surface area contributed by atoms with E-state index in [1.54, 1.807) is 6.92 Å². The summed E-state index contributed by atoms with van der Waals surface area (Å²) in [6.45, 7) is 9.98. The monoisotopic (exact) mass is 318 g/mol. The molecular weight excluding hydrogens is 288 g/mol. The molecule has 1 rings (SSSR count). The summed E-state index contributed by atoms with van der Waals surface area (Å²) in [5.41, 5.74) is 1.81. The summed E-state index contributed by atoms with van der Waals surface area (Å²) in [6.07, 6.45) is 6.48. The highest BCUT2D eigenvalue weighted by Gasteiger charge is 2.05. The highest BCUT2D eigenvalue weighted by Crippen LogP contribution is 2.17. The lowest BCUT2D eigenvalue weighted by Crippen LogP contribution is -2.12. The summed E-state index contributed by atoms with van der Waals surface area (Å²) >= 11 is 0. The summed E-state index contributed by atoms with van der Waals surface area (Å²) in [5.74, 6) is 0.640. The van der Waals surface area contributed by atoms with Gasteiger partial charge in [-0.2, -0.15) is 0 Å². The Bertz CT molecular complexity index is 476. The van der Waals surface area contributed by atoms with Crippen LogP contribution in [0.4, 0.5) is 0 Å². The quantitative estimate of drug-likeness (QED) is 0.324. The minimum absolute atomic E-state index is 0.199. The van der Waals surface area contributed by atoms with E-state index in [9.17, 15) is 4.79 Å². The molecular formula is C20H30O3. The van der Waals surface area contributed by atoms with Crippen molar-refractivity contribution in [2.24, 2.45) is 0 Å². The van der Waals surface area contributed by atoms with Crippen LogP contribution in [-0.4, -0.2) is 18.7 Å². The van der Waals surface area contributed by atoms with Crippen LogP contribution in [0.5, 0.6) is 5.75 Å². The van der Waals surface area contributed by atoms with E-state index in [1.807, 2.05) is 0 Å². The van der Waals surface area contributed by atoms with Crippen molar-refractivity contribution in [3.05, 3.63) is 42.0 Å². The fraction of sp³-hybridized carbons (Fsp3) is 0.550. The smallest absolute Gasteiger partial charge is 0.333 e. The molecule has 3 nitrogen and oxygen atoms in total. The Kier molecular flexibility index (Phi) is 9.11. The second kappa shape index (κ2) is 10.9. The molecule has 0 spiro atoms. The molecule has 0 saturated heterocycles. The number of hydrogen-bond acceptors (Lipinski definition) is 3. The first kappa shape index (κ1) is 19.3. The van der Waals surface area contributed by atoms with Crippen LogP contribution in [0.25, 0.3) is 0 Å². The van der Waals surface area contributed by atoms with Crippen LogP contribution in [-0.2, 0) is 16.0 Å². The number of carbonyl (C=O) groups is 1. The molecule has 128 valence electrons. The normalized spacial score (nSPS) is 11.8. The molecule has 1 unspecified atom stereocenters. The van der Waals surface area contributed by atoms with Crippen molar-refractivity contribution in [1.29, 1.82) is 0 Å². The first-order valence-corrected chi connectivity index (χ1v) is 8.61. The zero-order chi connectivity index (χ0) is 17.1. The van der Waals surface area contributed by atoms with Gasteiger partial charge in [-0.25, -0.2) is 4.79 Å². The van der Waals surface area contributed by atoms with E-state index in [4.69, 9.17) is 9.47 Å². The maximum absolute atomic E-state index is 11.2. The van der Waals surface area contributed by atoms with Crippen LogP contribution >= 0.6 is 0 Å². The molecule has 0 aromatic heterocycles. The van der Waals surface area contributed by atoms with Crippen molar-refractivity contribution < 1.29 is 14.3 Å². The number of aryl methyl sites for hydroxylation is 1. The zero-order valence-electron chi connectivity index (χ0n) is 14.8. The van der Waals surface area contributed by atoms with Crippen molar-refractivity contribution in [3.8, 4) is 5.75 Å². The zero-order valence-corrected chi connectivity index (χ0v) is 14.8. The van der Waals surface area contributed by atoms with Crippen molar-refractivity contribution in [3.63, 3.8) is 0 Å². The van der Waals surface area contributed by atoms with Gasteiger partial charge in [0.1, 0.15) is 5.75 Å². The van der Waals surface area contributed by atoms with Gasteiger partial charge in [0.15, 0.2) is 0 Å². The number of benzene rings is 1. The molecule has 0 bridgehead atoms.